The Bertz CT molecular complexity index is 701. The van der Waals surface area contributed by atoms with Gasteiger partial charge in [0.15, 0.2) is 0 Å². The number of alkyl halides is 2. The van der Waals surface area contributed by atoms with Crippen LogP contribution in [0.4, 0.5) is 8.78 Å². The molecular formula is C16H17F2N3O2. The van der Waals surface area contributed by atoms with Crippen LogP contribution < -0.4 is 9.47 Å². The molecule has 0 saturated heterocycles. The Labute approximate surface area is 132 Å². The number of rotatable bonds is 5. The van der Waals surface area contributed by atoms with Gasteiger partial charge in [0, 0.05) is 30.4 Å². The van der Waals surface area contributed by atoms with Crippen molar-refractivity contribution >= 4 is 0 Å². The van der Waals surface area contributed by atoms with Gasteiger partial charge in [0.25, 0.3) is 0 Å². The van der Waals surface area contributed by atoms with Crippen LogP contribution in [0.2, 0.25) is 0 Å². The Morgan fingerprint density at radius 3 is 2.65 bits per heavy atom. The first-order valence-electron chi connectivity index (χ1n) is 7.33. The molecule has 1 saturated carbocycles. The van der Waals surface area contributed by atoms with Gasteiger partial charge in [-0.1, -0.05) is 6.07 Å². The topological polar surface area (TPSA) is 57.1 Å². The number of ether oxygens (including phenoxy) is 2. The predicted molar refractivity (Wildman–Crippen MR) is 79.7 cm³/mol. The highest BCUT2D eigenvalue weighted by Crippen LogP contribution is 2.42. The van der Waals surface area contributed by atoms with E-state index in [0.29, 0.717) is 23.1 Å². The van der Waals surface area contributed by atoms with Crippen LogP contribution >= 0.6 is 0 Å². The van der Waals surface area contributed by atoms with Gasteiger partial charge in [-0.05, 0) is 19.1 Å². The summed E-state index contributed by atoms with van der Waals surface area (Å²) in [4.78, 5) is 4.35. The first-order valence-corrected chi connectivity index (χ1v) is 7.33. The number of halogens is 2. The lowest BCUT2D eigenvalue weighted by molar-refractivity contribution is -0.119. The second-order valence-corrected chi connectivity index (χ2v) is 5.72. The minimum Gasteiger partial charge on any atom is -0.480 e. The number of pyridine rings is 1. The van der Waals surface area contributed by atoms with Crippen molar-refractivity contribution in [1.82, 2.24) is 15.2 Å². The van der Waals surface area contributed by atoms with Gasteiger partial charge >= 0.3 is 0 Å². The molecule has 0 bridgehead atoms. The Morgan fingerprint density at radius 1 is 1.22 bits per heavy atom. The van der Waals surface area contributed by atoms with Gasteiger partial charge in [0.2, 0.25) is 17.7 Å². The maximum absolute atomic E-state index is 12.8. The number of nitrogens with zero attached hydrogens (tertiary/aromatic N) is 3. The van der Waals surface area contributed by atoms with Gasteiger partial charge in [-0.25, -0.2) is 13.8 Å². The highest BCUT2D eigenvalue weighted by atomic mass is 19.3. The van der Waals surface area contributed by atoms with Crippen LogP contribution in [-0.4, -0.2) is 34.8 Å². The van der Waals surface area contributed by atoms with Gasteiger partial charge in [-0.3, -0.25) is 0 Å². The number of aryl methyl sites for hydroxylation is 1. The molecule has 0 spiro atoms. The molecule has 5 nitrogen and oxygen atoms in total. The summed E-state index contributed by atoms with van der Waals surface area (Å²) in [6.07, 6.45) is -0.230. The van der Waals surface area contributed by atoms with E-state index in [4.69, 9.17) is 9.47 Å². The van der Waals surface area contributed by atoms with E-state index in [1.165, 1.54) is 7.11 Å². The highest BCUT2D eigenvalue weighted by Gasteiger charge is 2.45. The summed E-state index contributed by atoms with van der Waals surface area (Å²) in [5.74, 6) is -1.78. The summed E-state index contributed by atoms with van der Waals surface area (Å²) in [5, 5.41) is 8.05. The van der Waals surface area contributed by atoms with Crippen molar-refractivity contribution in [2.75, 3.05) is 13.7 Å². The minimum atomic E-state index is -2.53. The van der Waals surface area contributed by atoms with E-state index in [1.54, 1.807) is 18.2 Å². The fraction of sp³-hybridized carbons (Fsp3) is 0.438. The maximum Gasteiger partial charge on any atom is 0.248 e. The number of hydrogen-bond acceptors (Lipinski definition) is 5. The second-order valence-electron chi connectivity index (χ2n) is 5.72. The van der Waals surface area contributed by atoms with Gasteiger partial charge in [-0.2, -0.15) is 0 Å². The lowest BCUT2D eigenvalue weighted by Gasteiger charge is -2.34. The first-order chi connectivity index (χ1) is 11.0. The molecule has 0 radical (unpaired) electrons. The van der Waals surface area contributed by atoms with Crippen LogP contribution in [0.5, 0.6) is 11.8 Å². The third kappa shape index (κ3) is 3.55. The van der Waals surface area contributed by atoms with Crippen molar-refractivity contribution in [2.45, 2.75) is 25.7 Å². The summed E-state index contributed by atoms with van der Waals surface area (Å²) < 4.78 is 36.2. The molecule has 0 aromatic carbocycles. The van der Waals surface area contributed by atoms with Crippen molar-refractivity contribution in [3.05, 3.63) is 29.8 Å². The van der Waals surface area contributed by atoms with E-state index >= 15 is 0 Å². The van der Waals surface area contributed by atoms with E-state index in [9.17, 15) is 8.78 Å². The smallest absolute Gasteiger partial charge is 0.248 e. The summed E-state index contributed by atoms with van der Waals surface area (Å²) >= 11 is 0. The molecule has 2 heterocycles. The van der Waals surface area contributed by atoms with E-state index < -0.39 is 5.92 Å². The molecule has 2 aromatic rings. The van der Waals surface area contributed by atoms with E-state index in [-0.39, 0.29) is 25.4 Å². The van der Waals surface area contributed by atoms with Crippen molar-refractivity contribution in [2.24, 2.45) is 5.92 Å². The second kappa shape index (κ2) is 6.06. The van der Waals surface area contributed by atoms with Crippen molar-refractivity contribution < 1.29 is 18.3 Å². The highest BCUT2D eigenvalue weighted by molar-refractivity contribution is 5.55. The molecule has 0 aliphatic heterocycles. The van der Waals surface area contributed by atoms with Crippen LogP contribution in [0.3, 0.4) is 0 Å². The third-order valence-electron chi connectivity index (χ3n) is 3.76. The molecular weight excluding hydrogens is 304 g/mol. The molecule has 122 valence electrons. The van der Waals surface area contributed by atoms with Crippen LogP contribution in [0.15, 0.2) is 24.3 Å². The molecule has 0 amide bonds. The molecule has 1 fully saturated rings. The minimum absolute atomic E-state index is 0.113. The third-order valence-corrected chi connectivity index (χ3v) is 3.76. The molecule has 0 N–H and O–H groups in total. The molecule has 2 aromatic heterocycles. The summed E-state index contributed by atoms with van der Waals surface area (Å²) in [6.45, 7) is 2.12. The lowest BCUT2D eigenvalue weighted by Crippen LogP contribution is -2.38. The zero-order chi connectivity index (χ0) is 16.4. The van der Waals surface area contributed by atoms with Crippen LogP contribution in [0, 0.1) is 12.8 Å². The largest absolute Gasteiger partial charge is 0.480 e. The lowest BCUT2D eigenvalue weighted by atomic mass is 9.82. The van der Waals surface area contributed by atoms with E-state index in [2.05, 4.69) is 15.2 Å². The SMILES string of the molecule is COc1nnc(-c2cccc(OCC3CC(F)(F)C3)n2)cc1C. The fourth-order valence-corrected chi connectivity index (χ4v) is 2.54. The number of aromatic nitrogens is 3. The zero-order valence-corrected chi connectivity index (χ0v) is 12.9. The summed E-state index contributed by atoms with van der Waals surface area (Å²) in [5.41, 5.74) is 2.06. The van der Waals surface area contributed by atoms with Crippen molar-refractivity contribution in [3.63, 3.8) is 0 Å². The molecule has 0 atom stereocenters. The molecule has 7 heteroatoms. The maximum atomic E-state index is 12.8. The average Bonchev–Trinajstić information content (AvgIpc) is 2.51. The Morgan fingerprint density at radius 2 is 2.00 bits per heavy atom. The molecule has 1 aliphatic carbocycles. The first kappa shape index (κ1) is 15.6. The normalized spacial score (nSPS) is 16.7. The van der Waals surface area contributed by atoms with Crippen LogP contribution in [-0.2, 0) is 0 Å². The Hall–Kier alpha value is -2.31. The number of hydrogen-bond donors (Lipinski definition) is 0. The quantitative estimate of drug-likeness (QED) is 0.846. The van der Waals surface area contributed by atoms with Gasteiger partial charge in [0.1, 0.15) is 5.69 Å². The summed E-state index contributed by atoms with van der Waals surface area (Å²) in [7, 11) is 1.54. The van der Waals surface area contributed by atoms with Crippen molar-refractivity contribution in [3.8, 4) is 23.1 Å². The zero-order valence-electron chi connectivity index (χ0n) is 12.9. The molecule has 1 aliphatic rings. The van der Waals surface area contributed by atoms with Gasteiger partial charge in [0.05, 0.1) is 19.4 Å². The molecule has 3 rings (SSSR count). The Kier molecular flexibility index (Phi) is 4.11. The fourth-order valence-electron chi connectivity index (χ4n) is 2.54. The molecule has 0 unspecified atom stereocenters. The van der Waals surface area contributed by atoms with Crippen LogP contribution in [0.25, 0.3) is 11.4 Å². The predicted octanol–water partition coefficient (Wildman–Crippen LogP) is 3.28. The van der Waals surface area contributed by atoms with E-state index in [1.807, 2.05) is 13.0 Å². The standard InChI is InChI=1S/C16H17F2N3O2/c1-10-6-13(20-21-15(10)22-2)12-4-3-5-14(19-12)23-9-11-7-16(17,18)8-11/h3-6,11H,7-9H2,1-2H3. The van der Waals surface area contributed by atoms with Crippen molar-refractivity contribution in [1.29, 1.82) is 0 Å². The van der Waals surface area contributed by atoms with Gasteiger partial charge in [-0.15, -0.1) is 10.2 Å². The number of methoxy groups -OCH3 is 1. The monoisotopic (exact) mass is 321 g/mol. The van der Waals surface area contributed by atoms with Crippen LogP contribution in [0.1, 0.15) is 18.4 Å². The molecule has 23 heavy (non-hydrogen) atoms. The van der Waals surface area contributed by atoms with Gasteiger partial charge < -0.3 is 9.47 Å². The summed E-state index contributed by atoms with van der Waals surface area (Å²) in [6, 6.07) is 7.10. The van der Waals surface area contributed by atoms with E-state index in [0.717, 1.165) is 5.56 Å². The average molecular weight is 321 g/mol. The Balaban J connectivity index is 1.69.